The van der Waals surface area contributed by atoms with E-state index in [9.17, 15) is 8.42 Å². The van der Waals surface area contributed by atoms with Crippen LogP contribution in [0, 0.1) is 0 Å². The van der Waals surface area contributed by atoms with Crippen LogP contribution in [0.1, 0.15) is 43.2 Å². The van der Waals surface area contributed by atoms with Crippen molar-refractivity contribution in [3.05, 3.63) is 35.2 Å². The van der Waals surface area contributed by atoms with Crippen molar-refractivity contribution in [3.8, 4) is 0 Å². The molecule has 3 aromatic rings. The molecule has 0 spiro atoms. The number of hydrogen-bond donors (Lipinski definition) is 1. The van der Waals surface area contributed by atoms with Crippen LogP contribution in [0.4, 0.5) is 0 Å². The van der Waals surface area contributed by atoms with Crippen molar-refractivity contribution in [1.29, 1.82) is 0 Å². The molecule has 4 rings (SSSR count). The van der Waals surface area contributed by atoms with Gasteiger partial charge in [0.25, 0.3) is 0 Å². The van der Waals surface area contributed by atoms with E-state index >= 15 is 0 Å². The predicted octanol–water partition coefficient (Wildman–Crippen LogP) is 3.25. The number of aryl methyl sites for hydroxylation is 2. The van der Waals surface area contributed by atoms with E-state index < -0.39 is 10.0 Å². The van der Waals surface area contributed by atoms with Gasteiger partial charge in [0, 0.05) is 24.3 Å². The number of nitrogens with two attached hydrogens (primary N) is 1. The summed E-state index contributed by atoms with van der Waals surface area (Å²) in [5.41, 5.74) is 3.80. The molecule has 7 nitrogen and oxygen atoms in total. The normalized spacial score (nSPS) is 14.6. The van der Waals surface area contributed by atoms with Gasteiger partial charge in [0.2, 0.25) is 10.0 Å². The molecular weight excluding hydrogens is 384 g/mol. The molecule has 2 N–H and O–H groups in total. The molecule has 0 radical (unpaired) electrons. The summed E-state index contributed by atoms with van der Waals surface area (Å²) in [6, 6.07) is 4.85. The summed E-state index contributed by atoms with van der Waals surface area (Å²) in [7, 11) is -3.75. The van der Waals surface area contributed by atoms with Gasteiger partial charge in [0.15, 0.2) is 5.16 Å². The van der Waals surface area contributed by atoms with Crippen LogP contribution in [-0.2, 0) is 35.2 Å². The van der Waals surface area contributed by atoms with E-state index in [4.69, 9.17) is 9.66 Å². The van der Waals surface area contributed by atoms with E-state index in [0.717, 1.165) is 54.4 Å². The number of hydrogen-bond acceptors (Lipinski definition) is 6. The van der Waals surface area contributed by atoms with E-state index in [-0.39, 0.29) is 4.90 Å². The second-order valence-corrected chi connectivity index (χ2v) is 9.27. The number of aromatic nitrogens is 3. The van der Waals surface area contributed by atoms with Crippen LogP contribution in [0.2, 0.25) is 0 Å². The first-order valence-corrected chi connectivity index (χ1v) is 11.6. The summed E-state index contributed by atoms with van der Waals surface area (Å²) < 4.78 is 30.9. The van der Waals surface area contributed by atoms with Crippen molar-refractivity contribution in [1.82, 2.24) is 14.7 Å². The first kappa shape index (κ1) is 18.5. The van der Waals surface area contributed by atoms with Gasteiger partial charge in [0.1, 0.15) is 5.76 Å². The Morgan fingerprint density at radius 2 is 2.11 bits per heavy atom. The van der Waals surface area contributed by atoms with E-state index in [1.165, 1.54) is 18.1 Å². The second kappa shape index (κ2) is 7.29. The summed E-state index contributed by atoms with van der Waals surface area (Å²) in [6.45, 7) is 2.91. The van der Waals surface area contributed by atoms with Crippen LogP contribution < -0.4 is 5.14 Å². The van der Waals surface area contributed by atoms with Gasteiger partial charge in [-0.05, 0) is 43.9 Å². The van der Waals surface area contributed by atoms with Gasteiger partial charge in [-0.1, -0.05) is 23.8 Å². The van der Waals surface area contributed by atoms with Crippen molar-refractivity contribution >= 4 is 32.8 Å². The maximum absolute atomic E-state index is 11.6. The van der Waals surface area contributed by atoms with Crippen molar-refractivity contribution in [2.24, 2.45) is 5.14 Å². The maximum atomic E-state index is 11.6. The SMILES string of the molecule is CCCn1c(SCc2noc3c2CCCC3)nc2cc(S(N)(=O)=O)ccc21. The van der Waals surface area contributed by atoms with Crippen molar-refractivity contribution in [3.63, 3.8) is 0 Å². The Bertz CT molecular complexity index is 1090. The molecule has 2 aromatic heterocycles. The molecule has 0 atom stereocenters. The molecule has 2 heterocycles. The van der Waals surface area contributed by atoms with Crippen LogP contribution in [-0.4, -0.2) is 23.1 Å². The largest absolute Gasteiger partial charge is 0.361 e. The highest BCUT2D eigenvalue weighted by Crippen LogP contribution is 2.31. The summed E-state index contributed by atoms with van der Waals surface area (Å²) in [6.07, 6.45) is 5.29. The Morgan fingerprint density at radius 3 is 2.89 bits per heavy atom. The van der Waals surface area contributed by atoms with Gasteiger partial charge >= 0.3 is 0 Å². The molecule has 1 aromatic carbocycles. The average molecular weight is 407 g/mol. The molecule has 0 saturated heterocycles. The third-order valence-electron chi connectivity index (χ3n) is 4.83. The van der Waals surface area contributed by atoms with Gasteiger partial charge in [-0.25, -0.2) is 18.5 Å². The smallest absolute Gasteiger partial charge is 0.238 e. The van der Waals surface area contributed by atoms with Crippen LogP contribution in [0.25, 0.3) is 11.0 Å². The fraction of sp³-hybridized carbons (Fsp3) is 0.444. The van der Waals surface area contributed by atoms with Crippen LogP contribution in [0.5, 0.6) is 0 Å². The lowest BCUT2D eigenvalue weighted by atomic mass is 9.97. The first-order chi connectivity index (χ1) is 13.0. The standard InChI is InChI=1S/C18H22N4O3S2/c1-2-9-22-16-8-7-12(27(19,23)24)10-14(16)20-18(22)26-11-15-13-5-3-4-6-17(13)25-21-15/h7-8,10H,2-6,9,11H2,1H3,(H2,19,23,24). The topological polar surface area (TPSA) is 104 Å². The zero-order valence-electron chi connectivity index (χ0n) is 15.1. The molecule has 9 heteroatoms. The fourth-order valence-corrected chi connectivity index (χ4v) is 5.04. The minimum absolute atomic E-state index is 0.0817. The third kappa shape index (κ3) is 3.63. The number of imidazole rings is 1. The highest BCUT2D eigenvalue weighted by Gasteiger charge is 2.21. The minimum Gasteiger partial charge on any atom is -0.361 e. The number of fused-ring (bicyclic) bond motifs is 2. The van der Waals surface area contributed by atoms with E-state index in [1.54, 1.807) is 23.9 Å². The third-order valence-corrected chi connectivity index (χ3v) is 6.73. The molecule has 27 heavy (non-hydrogen) atoms. The maximum Gasteiger partial charge on any atom is 0.238 e. The highest BCUT2D eigenvalue weighted by molar-refractivity contribution is 7.98. The molecule has 1 aliphatic rings. The summed E-state index contributed by atoms with van der Waals surface area (Å²) in [4.78, 5) is 4.75. The predicted molar refractivity (Wildman–Crippen MR) is 104 cm³/mol. The molecule has 0 saturated carbocycles. The zero-order chi connectivity index (χ0) is 19.0. The summed E-state index contributed by atoms with van der Waals surface area (Å²) in [5.74, 6) is 1.71. The number of primary sulfonamides is 1. The molecule has 144 valence electrons. The van der Waals surface area contributed by atoms with Gasteiger partial charge < -0.3 is 9.09 Å². The van der Waals surface area contributed by atoms with Crippen molar-refractivity contribution in [2.75, 3.05) is 0 Å². The number of rotatable bonds is 6. The fourth-order valence-electron chi connectivity index (χ4n) is 3.51. The molecule has 0 amide bonds. The lowest BCUT2D eigenvalue weighted by Crippen LogP contribution is -2.11. The van der Waals surface area contributed by atoms with E-state index in [1.807, 2.05) is 0 Å². The van der Waals surface area contributed by atoms with Gasteiger partial charge in [-0.3, -0.25) is 0 Å². The average Bonchev–Trinajstić information content (AvgIpc) is 3.20. The Morgan fingerprint density at radius 1 is 1.30 bits per heavy atom. The Balaban J connectivity index is 1.66. The molecule has 0 bridgehead atoms. The van der Waals surface area contributed by atoms with Gasteiger partial charge in [-0.15, -0.1) is 0 Å². The first-order valence-electron chi connectivity index (χ1n) is 9.09. The minimum atomic E-state index is -3.75. The highest BCUT2D eigenvalue weighted by atomic mass is 32.2. The number of sulfonamides is 1. The quantitative estimate of drug-likeness (QED) is 0.630. The summed E-state index contributed by atoms with van der Waals surface area (Å²) in [5, 5.41) is 10.4. The Hall–Kier alpha value is -1.84. The number of nitrogens with zero attached hydrogens (tertiary/aromatic N) is 3. The Kier molecular flexibility index (Phi) is 5.00. The van der Waals surface area contributed by atoms with Crippen LogP contribution in [0.15, 0.2) is 32.8 Å². The number of benzene rings is 1. The zero-order valence-corrected chi connectivity index (χ0v) is 16.8. The lowest BCUT2D eigenvalue weighted by molar-refractivity contribution is 0.369. The van der Waals surface area contributed by atoms with E-state index in [0.29, 0.717) is 11.3 Å². The van der Waals surface area contributed by atoms with E-state index in [2.05, 4.69) is 21.6 Å². The molecule has 1 aliphatic carbocycles. The monoisotopic (exact) mass is 406 g/mol. The second-order valence-electron chi connectivity index (χ2n) is 6.77. The lowest BCUT2D eigenvalue weighted by Gasteiger charge is -2.09. The molecular formula is C18H22N4O3S2. The van der Waals surface area contributed by atoms with Gasteiger partial charge in [-0.2, -0.15) is 0 Å². The summed E-state index contributed by atoms with van der Waals surface area (Å²) >= 11 is 1.61. The number of thioether (sulfide) groups is 1. The molecule has 0 unspecified atom stereocenters. The van der Waals surface area contributed by atoms with Crippen LogP contribution in [0.3, 0.4) is 0 Å². The molecule has 0 aliphatic heterocycles. The van der Waals surface area contributed by atoms with Crippen molar-refractivity contribution < 1.29 is 12.9 Å². The molecule has 0 fully saturated rings. The Labute approximate surface area is 162 Å². The van der Waals surface area contributed by atoms with Gasteiger partial charge in [0.05, 0.1) is 21.6 Å². The van der Waals surface area contributed by atoms with Crippen LogP contribution >= 0.6 is 11.8 Å². The van der Waals surface area contributed by atoms with Crippen molar-refractivity contribution in [2.45, 2.75) is 61.4 Å².